The van der Waals surface area contributed by atoms with Gasteiger partial charge in [0.05, 0.1) is 16.1 Å². The Morgan fingerprint density at radius 2 is 1.80 bits per heavy atom. The average Bonchev–Trinajstić information content (AvgIpc) is 2.96. The van der Waals surface area contributed by atoms with Gasteiger partial charge in [-0.2, -0.15) is 4.98 Å². The molecule has 8 nitrogen and oxygen atoms in total. The molecule has 212 valence electrons. The molecule has 2 fully saturated rings. The number of piperazine rings is 1. The lowest BCUT2D eigenvalue weighted by Gasteiger charge is -2.40. The highest BCUT2D eigenvalue weighted by Crippen LogP contribution is 2.36. The van der Waals surface area contributed by atoms with Crippen LogP contribution < -0.4 is 15.5 Å². The normalized spacial score (nSPS) is 19.8. The monoisotopic (exact) mass is 562 g/mol. The zero-order valence-corrected chi connectivity index (χ0v) is 24.7. The highest BCUT2D eigenvalue weighted by atomic mass is 35.5. The second-order valence-corrected chi connectivity index (χ2v) is 11.5. The van der Waals surface area contributed by atoms with Gasteiger partial charge in [-0.25, -0.2) is 14.3 Å². The highest BCUT2D eigenvalue weighted by molar-refractivity contribution is 6.33. The molecule has 3 aromatic rings. The van der Waals surface area contributed by atoms with Crippen molar-refractivity contribution >= 4 is 40.2 Å². The Hall–Kier alpha value is -3.39. The third-order valence-electron chi connectivity index (χ3n) is 8.31. The Morgan fingerprint density at radius 3 is 2.42 bits per heavy atom. The number of halogens is 1. The molecular weight excluding hydrogens is 524 g/mol. The smallest absolute Gasteiger partial charge is 0.355 e. The van der Waals surface area contributed by atoms with Crippen molar-refractivity contribution in [3.63, 3.8) is 0 Å². The number of carbonyl (C=O) groups is 1. The number of para-hydroxylation sites is 1. The molecule has 5 rings (SSSR count). The first-order valence-corrected chi connectivity index (χ1v) is 14.8. The van der Waals surface area contributed by atoms with Crippen LogP contribution in [0.3, 0.4) is 0 Å². The predicted molar refractivity (Wildman–Crippen MR) is 163 cm³/mol. The minimum absolute atomic E-state index is 0.0564. The number of pyridine rings is 1. The second kappa shape index (κ2) is 11.6. The Kier molecular flexibility index (Phi) is 8.17. The van der Waals surface area contributed by atoms with Crippen LogP contribution in [-0.4, -0.2) is 64.1 Å². The first kappa shape index (κ1) is 28.1. The molecule has 1 amide bonds. The van der Waals surface area contributed by atoms with Gasteiger partial charge in [0, 0.05) is 38.8 Å². The van der Waals surface area contributed by atoms with Crippen LogP contribution in [0, 0.1) is 5.92 Å². The number of hydrogen-bond acceptors (Lipinski definition) is 6. The van der Waals surface area contributed by atoms with E-state index in [9.17, 15) is 9.59 Å². The minimum atomic E-state index is -0.359. The van der Waals surface area contributed by atoms with Crippen molar-refractivity contribution < 1.29 is 4.79 Å². The van der Waals surface area contributed by atoms with Gasteiger partial charge in [-0.1, -0.05) is 57.2 Å². The van der Waals surface area contributed by atoms with Gasteiger partial charge in [-0.15, -0.1) is 0 Å². The molecule has 0 saturated carbocycles. The molecule has 9 heteroatoms. The quantitative estimate of drug-likeness (QED) is 0.393. The number of aryl methyl sites for hydroxylation is 2. The molecule has 0 radical (unpaired) electrons. The first-order valence-electron chi connectivity index (χ1n) is 14.4. The molecule has 2 atom stereocenters. The largest absolute Gasteiger partial charge is 0.355 e. The maximum atomic E-state index is 14.0. The fraction of sp³-hybridized carbons (Fsp3) is 0.484. The van der Waals surface area contributed by atoms with Gasteiger partial charge in [0.1, 0.15) is 11.6 Å². The summed E-state index contributed by atoms with van der Waals surface area (Å²) in [4.78, 5) is 42.3. The van der Waals surface area contributed by atoms with E-state index in [0.29, 0.717) is 47.9 Å². The van der Waals surface area contributed by atoms with E-state index in [4.69, 9.17) is 16.6 Å². The molecule has 2 saturated heterocycles. The van der Waals surface area contributed by atoms with E-state index in [0.717, 1.165) is 54.6 Å². The van der Waals surface area contributed by atoms with Crippen molar-refractivity contribution in [2.75, 3.05) is 42.5 Å². The summed E-state index contributed by atoms with van der Waals surface area (Å²) in [6.07, 6.45) is 5.16. The van der Waals surface area contributed by atoms with E-state index in [1.807, 2.05) is 19.1 Å². The Labute approximate surface area is 241 Å². The summed E-state index contributed by atoms with van der Waals surface area (Å²) in [7, 11) is 0. The topological polar surface area (TPSA) is 74.6 Å². The number of benzene rings is 1. The van der Waals surface area contributed by atoms with Crippen LogP contribution in [0.1, 0.15) is 51.7 Å². The Balaban J connectivity index is 1.75. The Morgan fingerprint density at radius 1 is 1.07 bits per heavy atom. The van der Waals surface area contributed by atoms with E-state index < -0.39 is 0 Å². The van der Waals surface area contributed by atoms with Crippen LogP contribution in [0.15, 0.2) is 41.7 Å². The first-order chi connectivity index (χ1) is 19.3. The molecule has 1 aromatic carbocycles. The standard InChI is InChI=1S/C31H39ClN6O2/c1-6-22-12-9-13-23(7-2)27(22)38-29-24(17-25(32)30(33-29)36-14-10-11-20(4)18-36)28(34-31(38)40)37-16-15-35(19-21(37)5)26(39)8-3/h8-9,12-13,17,20-21H,3,6-7,10-11,14-16,18-19H2,1-2,4-5H3/t20-,21-/m0/s1. The van der Waals surface area contributed by atoms with Gasteiger partial charge >= 0.3 is 5.69 Å². The lowest BCUT2D eigenvalue weighted by Crippen LogP contribution is -2.54. The van der Waals surface area contributed by atoms with Gasteiger partial charge in [0.2, 0.25) is 5.91 Å². The highest BCUT2D eigenvalue weighted by Gasteiger charge is 2.31. The predicted octanol–water partition coefficient (Wildman–Crippen LogP) is 5.02. The zero-order valence-electron chi connectivity index (χ0n) is 24.0. The summed E-state index contributed by atoms with van der Waals surface area (Å²) in [6.45, 7) is 15.5. The molecule has 2 aliphatic rings. The molecule has 0 aliphatic carbocycles. The van der Waals surface area contributed by atoms with Gasteiger partial charge in [-0.3, -0.25) is 4.79 Å². The molecule has 0 N–H and O–H groups in total. The maximum Gasteiger partial charge on any atom is 0.355 e. The lowest BCUT2D eigenvalue weighted by atomic mass is 10.0. The summed E-state index contributed by atoms with van der Waals surface area (Å²) >= 11 is 6.97. The molecule has 2 aliphatic heterocycles. The average molecular weight is 563 g/mol. The molecule has 4 heterocycles. The minimum Gasteiger partial charge on any atom is -0.355 e. The van der Waals surface area contributed by atoms with Crippen LogP contribution in [0.2, 0.25) is 5.02 Å². The number of carbonyl (C=O) groups excluding carboxylic acids is 1. The van der Waals surface area contributed by atoms with Crippen LogP contribution in [-0.2, 0) is 17.6 Å². The summed E-state index contributed by atoms with van der Waals surface area (Å²) in [6, 6.07) is 8.07. The molecule has 2 aromatic heterocycles. The molecule has 0 spiro atoms. The summed E-state index contributed by atoms with van der Waals surface area (Å²) < 4.78 is 1.70. The molecule has 0 unspecified atom stereocenters. The zero-order chi connectivity index (χ0) is 28.6. The van der Waals surface area contributed by atoms with Crippen molar-refractivity contribution in [1.82, 2.24) is 19.4 Å². The number of amides is 1. The Bertz CT molecular complexity index is 1480. The van der Waals surface area contributed by atoms with Crippen LogP contribution in [0.4, 0.5) is 11.6 Å². The van der Waals surface area contributed by atoms with E-state index in [1.54, 1.807) is 9.47 Å². The van der Waals surface area contributed by atoms with Crippen LogP contribution in [0.25, 0.3) is 16.7 Å². The SMILES string of the molecule is C=CC(=O)N1CCN(c2nc(=O)n(-c3c(CC)cccc3CC)c3nc(N4CCC[C@H](C)C4)c(Cl)cc23)[C@@H](C)C1. The summed E-state index contributed by atoms with van der Waals surface area (Å²) in [5.41, 5.74) is 3.23. The van der Waals surface area contributed by atoms with Crippen molar-refractivity contribution in [2.45, 2.75) is 59.4 Å². The van der Waals surface area contributed by atoms with E-state index in [1.165, 1.54) is 12.5 Å². The van der Waals surface area contributed by atoms with Gasteiger partial charge in [-0.05, 0) is 61.8 Å². The molecule has 40 heavy (non-hydrogen) atoms. The van der Waals surface area contributed by atoms with Crippen molar-refractivity contribution in [2.24, 2.45) is 5.92 Å². The van der Waals surface area contributed by atoms with Crippen LogP contribution >= 0.6 is 11.6 Å². The number of rotatable bonds is 6. The van der Waals surface area contributed by atoms with Crippen molar-refractivity contribution in [3.8, 4) is 5.69 Å². The molecular formula is C31H39ClN6O2. The lowest BCUT2D eigenvalue weighted by molar-refractivity contribution is -0.126. The fourth-order valence-electron chi connectivity index (χ4n) is 6.22. The number of anilines is 2. The maximum absolute atomic E-state index is 14.0. The second-order valence-electron chi connectivity index (χ2n) is 11.1. The van der Waals surface area contributed by atoms with Crippen LogP contribution in [0.5, 0.6) is 0 Å². The van der Waals surface area contributed by atoms with E-state index in [-0.39, 0.29) is 17.6 Å². The number of fused-ring (bicyclic) bond motifs is 1. The fourth-order valence-corrected chi connectivity index (χ4v) is 6.49. The number of aromatic nitrogens is 3. The van der Waals surface area contributed by atoms with Crippen molar-refractivity contribution in [1.29, 1.82) is 0 Å². The number of nitrogens with zero attached hydrogens (tertiary/aromatic N) is 6. The number of hydrogen-bond donors (Lipinski definition) is 0. The van der Waals surface area contributed by atoms with E-state index >= 15 is 0 Å². The molecule has 0 bridgehead atoms. The summed E-state index contributed by atoms with van der Waals surface area (Å²) in [5, 5.41) is 1.30. The summed E-state index contributed by atoms with van der Waals surface area (Å²) in [5.74, 6) is 1.73. The van der Waals surface area contributed by atoms with Gasteiger partial charge < -0.3 is 14.7 Å². The van der Waals surface area contributed by atoms with Gasteiger partial charge in [0.25, 0.3) is 0 Å². The third kappa shape index (κ3) is 5.09. The van der Waals surface area contributed by atoms with Gasteiger partial charge in [0.15, 0.2) is 5.65 Å². The number of piperidine rings is 1. The van der Waals surface area contributed by atoms with E-state index in [2.05, 4.69) is 54.3 Å². The third-order valence-corrected chi connectivity index (χ3v) is 8.59. The van der Waals surface area contributed by atoms with Crippen molar-refractivity contribution in [3.05, 3.63) is 63.6 Å².